The van der Waals surface area contributed by atoms with Crippen LogP contribution in [0.5, 0.6) is 0 Å². The van der Waals surface area contributed by atoms with Crippen molar-refractivity contribution in [3.05, 3.63) is 35.5 Å². The Kier molecular flexibility index (Phi) is 5.24. The lowest BCUT2D eigenvalue weighted by atomic mass is 9.74. The SMILES string of the molecule is CCOC(=O)c1c(CCC2(CC)CCCNC2)[nH]c2ccccc12. The maximum absolute atomic E-state index is 12.5. The summed E-state index contributed by atoms with van der Waals surface area (Å²) in [6.07, 6.45) is 5.67. The Balaban J connectivity index is 1.88. The van der Waals surface area contributed by atoms with E-state index in [9.17, 15) is 4.79 Å². The van der Waals surface area contributed by atoms with Crippen molar-refractivity contribution in [3.8, 4) is 0 Å². The monoisotopic (exact) mass is 328 g/mol. The van der Waals surface area contributed by atoms with Gasteiger partial charge in [-0.05, 0) is 57.1 Å². The normalized spacial score (nSPS) is 21.1. The van der Waals surface area contributed by atoms with Crippen LogP contribution < -0.4 is 5.32 Å². The predicted molar refractivity (Wildman–Crippen MR) is 97.4 cm³/mol. The van der Waals surface area contributed by atoms with E-state index in [1.807, 2.05) is 31.2 Å². The fourth-order valence-corrected chi connectivity index (χ4v) is 3.93. The molecule has 1 aliphatic heterocycles. The number of aromatic nitrogens is 1. The first kappa shape index (κ1) is 17.0. The van der Waals surface area contributed by atoms with Crippen molar-refractivity contribution < 1.29 is 9.53 Å². The zero-order valence-electron chi connectivity index (χ0n) is 14.8. The number of ether oxygens (including phenoxy) is 1. The number of hydrogen-bond donors (Lipinski definition) is 2. The van der Waals surface area contributed by atoms with Gasteiger partial charge in [0.1, 0.15) is 0 Å². The van der Waals surface area contributed by atoms with E-state index < -0.39 is 0 Å². The minimum Gasteiger partial charge on any atom is -0.462 e. The van der Waals surface area contributed by atoms with Crippen molar-refractivity contribution in [2.24, 2.45) is 5.41 Å². The molecule has 1 aromatic carbocycles. The minimum atomic E-state index is -0.211. The number of aromatic amines is 1. The van der Waals surface area contributed by atoms with Crippen molar-refractivity contribution in [2.75, 3.05) is 19.7 Å². The van der Waals surface area contributed by atoms with E-state index >= 15 is 0 Å². The Hall–Kier alpha value is -1.81. The molecule has 0 radical (unpaired) electrons. The standard InChI is InChI=1S/C20H28N2O2/c1-3-20(11-7-13-21-14-20)12-10-17-18(19(23)24-4-2)15-8-5-6-9-16(15)22-17/h5-6,8-9,21-22H,3-4,7,10-14H2,1-2H3. The molecule has 0 bridgehead atoms. The van der Waals surface area contributed by atoms with Gasteiger partial charge in [-0.15, -0.1) is 0 Å². The fourth-order valence-electron chi connectivity index (χ4n) is 3.93. The summed E-state index contributed by atoms with van der Waals surface area (Å²) in [6, 6.07) is 8.00. The van der Waals surface area contributed by atoms with Crippen molar-refractivity contribution >= 4 is 16.9 Å². The number of para-hydroxylation sites is 1. The van der Waals surface area contributed by atoms with Gasteiger partial charge >= 0.3 is 5.97 Å². The van der Waals surface area contributed by atoms with Gasteiger partial charge in [-0.3, -0.25) is 0 Å². The molecule has 2 heterocycles. The zero-order valence-corrected chi connectivity index (χ0v) is 14.8. The van der Waals surface area contributed by atoms with Crippen LogP contribution in [0.3, 0.4) is 0 Å². The van der Waals surface area contributed by atoms with Crippen LogP contribution in [-0.4, -0.2) is 30.6 Å². The molecule has 2 aromatic rings. The molecule has 2 N–H and O–H groups in total. The van der Waals surface area contributed by atoms with Gasteiger partial charge in [0.25, 0.3) is 0 Å². The largest absolute Gasteiger partial charge is 0.462 e. The molecule has 4 heteroatoms. The highest BCUT2D eigenvalue weighted by Crippen LogP contribution is 2.36. The smallest absolute Gasteiger partial charge is 0.340 e. The summed E-state index contributed by atoms with van der Waals surface area (Å²) in [5.41, 5.74) is 3.11. The lowest BCUT2D eigenvalue weighted by Gasteiger charge is -2.37. The van der Waals surface area contributed by atoms with Crippen LogP contribution in [0.25, 0.3) is 10.9 Å². The number of esters is 1. The van der Waals surface area contributed by atoms with E-state index in [0.717, 1.165) is 48.1 Å². The van der Waals surface area contributed by atoms with Gasteiger partial charge in [0.05, 0.1) is 12.2 Å². The molecule has 0 saturated carbocycles. The van der Waals surface area contributed by atoms with E-state index in [-0.39, 0.29) is 5.97 Å². The Morgan fingerprint density at radius 1 is 1.29 bits per heavy atom. The van der Waals surface area contributed by atoms with Gasteiger partial charge in [-0.25, -0.2) is 4.79 Å². The van der Waals surface area contributed by atoms with E-state index in [1.54, 1.807) is 0 Å². The minimum absolute atomic E-state index is 0.211. The number of benzene rings is 1. The van der Waals surface area contributed by atoms with Crippen LogP contribution in [0.2, 0.25) is 0 Å². The molecule has 1 aliphatic rings. The zero-order chi connectivity index (χ0) is 17.0. The number of carbonyl (C=O) groups is 1. The number of rotatable bonds is 6. The molecule has 0 spiro atoms. The van der Waals surface area contributed by atoms with Crippen molar-refractivity contribution in [2.45, 2.75) is 46.0 Å². The number of fused-ring (bicyclic) bond motifs is 1. The topological polar surface area (TPSA) is 54.1 Å². The van der Waals surface area contributed by atoms with Gasteiger partial charge in [0.2, 0.25) is 0 Å². The molecular formula is C20H28N2O2. The van der Waals surface area contributed by atoms with Gasteiger partial charge in [-0.2, -0.15) is 0 Å². The number of piperidine rings is 1. The van der Waals surface area contributed by atoms with Crippen molar-refractivity contribution in [1.82, 2.24) is 10.3 Å². The molecule has 1 unspecified atom stereocenters. The van der Waals surface area contributed by atoms with Crippen molar-refractivity contribution in [3.63, 3.8) is 0 Å². The Morgan fingerprint density at radius 3 is 2.83 bits per heavy atom. The quantitative estimate of drug-likeness (QED) is 0.786. The summed E-state index contributed by atoms with van der Waals surface area (Å²) in [4.78, 5) is 15.9. The maximum atomic E-state index is 12.5. The molecule has 0 amide bonds. The highest BCUT2D eigenvalue weighted by Gasteiger charge is 2.31. The van der Waals surface area contributed by atoms with E-state index in [1.165, 1.54) is 19.3 Å². The Morgan fingerprint density at radius 2 is 2.12 bits per heavy atom. The first-order chi connectivity index (χ1) is 11.7. The van der Waals surface area contributed by atoms with Gasteiger partial charge < -0.3 is 15.0 Å². The average Bonchev–Trinajstić information content (AvgIpc) is 2.99. The number of carbonyl (C=O) groups excluding carboxylic acids is 1. The maximum Gasteiger partial charge on any atom is 0.340 e. The second-order valence-corrected chi connectivity index (χ2v) is 6.88. The highest BCUT2D eigenvalue weighted by molar-refractivity contribution is 6.05. The number of H-pyrrole nitrogens is 1. The number of aryl methyl sites for hydroxylation is 1. The molecule has 1 atom stereocenters. The molecule has 1 saturated heterocycles. The van der Waals surface area contributed by atoms with Crippen LogP contribution in [0.1, 0.15) is 55.6 Å². The van der Waals surface area contributed by atoms with Crippen LogP contribution >= 0.6 is 0 Å². The average molecular weight is 328 g/mol. The van der Waals surface area contributed by atoms with E-state index in [0.29, 0.717) is 12.0 Å². The van der Waals surface area contributed by atoms with Crippen LogP contribution in [-0.2, 0) is 11.2 Å². The molecule has 130 valence electrons. The third kappa shape index (κ3) is 3.34. The third-order valence-corrected chi connectivity index (χ3v) is 5.48. The molecule has 24 heavy (non-hydrogen) atoms. The summed E-state index contributed by atoms with van der Waals surface area (Å²) in [5.74, 6) is -0.211. The van der Waals surface area contributed by atoms with Gasteiger partial charge in [0.15, 0.2) is 0 Å². The molecule has 0 aliphatic carbocycles. The first-order valence-corrected chi connectivity index (χ1v) is 9.16. The summed E-state index contributed by atoms with van der Waals surface area (Å²) in [5, 5.41) is 4.52. The lowest BCUT2D eigenvalue weighted by Crippen LogP contribution is -2.40. The predicted octanol–water partition coefficient (Wildman–Crippen LogP) is 4.06. The first-order valence-electron chi connectivity index (χ1n) is 9.16. The van der Waals surface area contributed by atoms with Crippen LogP contribution in [0, 0.1) is 5.41 Å². The Labute approximate surface area is 144 Å². The highest BCUT2D eigenvalue weighted by atomic mass is 16.5. The lowest BCUT2D eigenvalue weighted by molar-refractivity contribution is 0.0527. The number of hydrogen-bond acceptors (Lipinski definition) is 3. The number of nitrogens with one attached hydrogen (secondary N) is 2. The second-order valence-electron chi connectivity index (χ2n) is 6.88. The van der Waals surface area contributed by atoms with Crippen LogP contribution in [0.4, 0.5) is 0 Å². The van der Waals surface area contributed by atoms with E-state index in [2.05, 4.69) is 17.2 Å². The molecular weight excluding hydrogens is 300 g/mol. The molecule has 3 rings (SSSR count). The summed E-state index contributed by atoms with van der Waals surface area (Å²) in [6.45, 7) is 6.75. The van der Waals surface area contributed by atoms with Gasteiger partial charge in [0, 0.05) is 23.1 Å². The summed E-state index contributed by atoms with van der Waals surface area (Å²) >= 11 is 0. The Bertz CT molecular complexity index is 699. The molecule has 1 aromatic heterocycles. The van der Waals surface area contributed by atoms with Crippen LogP contribution in [0.15, 0.2) is 24.3 Å². The fraction of sp³-hybridized carbons (Fsp3) is 0.550. The van der Waals surface area contributed by atoms with Crippen molar-refractivity contribution in [1.29, 1.82) is 0 Å². The van der Waals surface area contributed by atoms with E-state index in [4.69, 9.17) is 4.74 Å². The second kappa shape index (κ2) is 7.39. The summed E-state index contributed by atoms with van der Waals surface area (Å²) < 4.78 is 5.31. The molecule has 1 fully saturated rings. The third-order valence-electron chi connectivity index (χ3n) is 5.48. The van der Waals surface area contributed by atoms with Gasteiger partial charge in [-0.1, -0.05) is 25.1 Å². The molecule has 4 nitrogen and oxygen atoms in total. The summed E-state index contributed by atoms with van der Waals surface area (Å²) in [7, 11) is 0.